The Morgan fingerprint density at radius 2 is 1.69 bits per heavy atom. The van der Waals surface area contributed by atoms with Gasteiger partial charge in [0, 0.05) is 0 Å². The molecule has 4 heteroatoms. The molecule has 0 aliphatic heterocycles. The third-order valence-electron chi connectivity index (χ3n) is 2.16. The lowest BCUT2D eigenvalue weighted by atomic mass is 10.1. The Kier molecular flexibility index (Phi) is 4.12. The molecule has 0 aliphatic rings. The van der Waals surface area contributed by atoms with E-state index in [9.17, 15) is 13.2 Å². The van der Waals surface area contributed by atoms with Crippen LogP contribution in [-0.4, -0.2) is 31.2 Å². The van der Waals surface area contributed by atoms with E-state index in [-0.39, 0.29) is 0 Å². The maximum atomic E-state index is 12.6. The Labute approximate surface area is 93.2 Å². The van der Waals surface area contributed by atoms with Gasteiger partial charge in [0.25, 0.3) is 0 Å². The van der Waals surface area contributed by atoms with Gasteiger partial charge in [0.1, 0.15) is 6.04 Å². The zero-order valence-corrected chi connectivity index (χ0v) is 9.20. The lowest BCUT2D eigenvalue weighted by Crippen LogP contribution is -2.39. The van der Waals surface area contributed by atoms with Crippen LogP contribution in [0.1, 0.15) is 5.56 Å². The van der Waals surface area contributed by atoms with Crippen molar-refractivity contribution in [2.24, 2.45) is 0 Å². The Bertz CT molecular complexity index is 341. The molecule has 88 valence electrons. The molecular weight excluding hydrogens is 215 g/mol. The number of hydrogen-bond acceptors (Lipinski definition) is 1. The third-order valence-corrected chi connectivity index (χ3v) is 2.16. The van der Waals surface area contributed by atoms with Gasteiger partial charge in [-0.1, -0.05) is 42.5 Å². The maximum Gasteiger partial charge on any atom is 0.407 e. The first-order chi connectivity index (χ1) is 7.41. The molecule has 1 nitrogen and oxygen atoms in total. The SMILES string of the molecule is CN(C)C(/C=C/c1ccccc1)C(F)(F)F. The first-order valence-electron chi connectivity index (χ1n) is 4.87. The van der Waals surface area contributed by atoms with Gasteiger partial charge in [0.15, 0.2) is 0 Å². The van der Waals surface area contributed by atoms with E-state index in [0.717, 1.165) is 16.5 Å². The highest BCUT2D eigenvalue weighted by atomic mass is 19.4. The fourth-order valence-corrected chi connectivity index (χ4v) is 1.34. The van der Waals surface area contributed by atoms with E-state index in [4.69, 9.17) is 0 Å². The van der Waals surface area contributed by atoms with Gasteiger partial charge < -0.3 is 0 Å². The predicted molar refractivity (Wildman–Crippen MR) is 59.0 cm³/mol. The predicted octanol–water partition coefficient (Wildman–Crippen LogP) is 3.19. The lowest BCUT2D eigenvalue weighted by molar-refractivity contribution is -0.163. The summed E-state index contributed by atoms with van der Waals surface area (Å²) in [6.45, 7) is 0. The number of rotatable bonds is 3. The Morgan fingerprint density at radius 3 is 2.12 bits per heavy atom. The topological polar surface area (TPSA) is 3.24 Å². The largest absolute Gasteiger partial charge is 0.407 e. The van der Waals surface area contributed by atoms with E-state index in [0.29, 0.717) is 0 Å². The van der Waals surface area contributed by atoms with E-state index < -0.39 is 12.2 Å². The summed E-state index contributed by atoms with van der Waals surface area (Å²) in [7, 11) is 2.82. The van der Waals surface area contributed by atoms with Gasteiger partial charge in [-0.2, -0.15) is 13.2 Å². The average Bonchev–Trinajstić information content (AvgIpc) is 2.17. The highest BCUT2D eigenvalue weighted by molar-refractivity contribution is 5.49. The van der Waals surface area contributed by atoms with E-state index in [1.54, 1.807) is 24.3 Å². The molecule has 0 amide bonds. The van der Waals surface area contributed by atoms with E-state index in [1.807, 2.05) is 6.07 Å². The van der Waals surface area contributed by atoms with Gasteiger partial charge in [-0.3, -0.25) is 4.90 Å². The van der Waals surface area contributed by atoms with Gasteiger partial charge in [0.2, 0.25) is 0 Å². The smallest absolute Gasteiger partial charge is 0.295 e. The molecular formula is C12H14F3N. The molecule has 0 spiro atoms. The van der Waals surface area contributed by atoms with Crippen molar-refractivity contribution in [1.82, 2.24) is 4.90 Å². The molecule has 16 heavy (non-hydrogen) atoms. The van der Waals surface area contributed by atoms with Crippen molar-refractivity contribution >= 4 is 6.08 Å². The highest BCUT2D eigenvalue weighted by Crippen LogP contribution is 2.24. The van der Waals surface area contributed by atoms with Gasteiger partial charge >= 0.3 is 6.18 Å². The van der Waals surface area contributed by atoms with Crippen LogP contribution in [0.4, 0.5) is 13.2 Å². The Hall–Kier alpha value is -1.29. The van der Waals surface area contributed by atoms with Crippen molar-refractivity contribution in [3.63, 3.8) is 0 Å². The van der Waals surface area contributed by atoms with Crippen molar-refractivity contribution in [3.8, 4) is 0 Å². The normalized spacial score (nSPS) is 14.6. The molecule has 0 aromatic heterocycles. The number of hydrogen-bond donors (Lipinski definition) is 0. The molecule has 0 heterocycles. The second kappa shape index (κ2) is 5.16. The van der Waals surface area contributed by atoms with E-state index in [1.165, 1.54) is 20.2 Å². The van der Waals surface area contributed by atoms with Crippen LogP contribution in [0, 0.1) is 0 Å². The van der Waals surface area contributed by atoms with Crippen molar-refractivity contribution in [2.75, 3.05) is 14.1 Å². The summed E-state index contributed by atoms with van der Waals surface area (Å²) in [6.07, 6.45) is -1.59. The number of benzene rings is 1. The van der Waals surface area contributed by atoms with Crippen molar-refractivity contribution < 1.29 is 13.2 Å². The molecule has 1 aromatic rings. The number of nitrogens with zero attached hydrogens (tertiary/aromatic N) is 1. The number of halogens is 3. The fourth-order valence-electron chi connectivity index (χ4n) is 1.34. The quantitative estimate of drug-likeness (QED) is 0.769. The molecule has 0 bridgehead atoms. The molecule has 0 fully saturated rings. The molecule has 0 aliphatic carbocycles. The molecule has 1 aromatic carbocycles. The minimum Gasteiger partial charge on any atom is -0.295 e. The van der Waals surface area contributed by atoms with Crippen molar-refractivity contribution in [3.05, 3.63) is 42.0 Å². The van der Waals surface area contributed by atoms with E-state index in [2.05, 4.69) is 0 Å². The minimum absolute atomic E-state index is 0.763. The van der Waals surface area contributed by atoms with Crippen molar-refractivity contribution in [1.29, 1.82) is 0 Å². The van der Waals surface area contributed by atoms with Crippen LogP contribution in [0.3, 0.4) is 0 Å². The van der Waals surface area contributed by atoms with Gasteiger partial charge in [-0.15, -0.1) is 0 Å². The first-order valence-corrected chi connectivity index (χ1v) is 4.87. The summed E-state index contributed by atoms with van der Waals surface area (Å²) in [5.41, 5.74) is 0.763. The molecule has 0 N–H and O–H groups in total. The van der Waals surface area contributed by atoms with Crippen LogP contribution in [-0.2, 0) is 0 Å². The molecule has 0 radical (unpaired) electrons. The van der Waals surface area contributed by atoms with Crippen LogP contribution < -0.4 is 0 Å². The van der Waals surface area contributed by atoms with Gasteiger partial charge in [0.05, 0.1) is 0 Å². The van der Waals surface area contributed by atoms with Gasteiger partial charge in [-0.25, -0.2) is 0 Å². The molecule has 0 saturated heterocycles. The second-order valence-corrected chi connectivity index (χ2v) is 3.72. The number of likely N-dealkylation sites (N-methyl/N-ethyl adjacent to an activating group) is 1. The van der Waals surface area contributed by atoms with Crippen LogP contribution in [0.25, 0.3) is 6.08 Å². The van der Waals surface area contributed by atoms with Crippen molar-refractivity contribution in [2.45, 2.75) is 12.2 Å². The molecule has 1 rings (SSSR count). The maximum absolute atomic E-state index is 12.6. The third kappa shape index (κ3) is 3.70. The fraction of sp³-hybridized carbons (Fsp3) is 0.333. The zero-order valence-electron chi connectivity index (χ0n) is 9.20. The Morgan fingerprint density at radius 1 is 1.12 bits per heavy atom. The number of alkyl halides is 3. The summed E-state index contributed by atoms with van der Waals surface area (Å²) in [4.78, 5) is 1.14. The standard InChI is InChI=1S/C12H14F3N/c1-16(2)11(12(13,14)15)9-8-10-6-4-3-5-7-10/h3-9,11H,1-2H3/b9-8+. The monoisotopic (exact) mass is 229 g/mol. The average molecular weight is 229 g/mol. The Balaban J connectivity index is 2.81. The molecule has 1 unspecified atom stereocenters. The van der Waals surface area contributed by atoms with Crippen LogP contribution in [0.15, 0.2) is 36.4 Å². The summed E-state index contributed by atoms with van der Waals surface area (Å²) < 4.78 is 37.7. The second-order valence-electron chi connectivity index (χ2n) is 3.72. The zero-order chi connectivity index (χ0) is 12.2. The van der Waals surface area contributed by atoms with Gasteiger partial charge in [-0.05, 0) is 19.7 Å². The summed E-state index contributed by atoms with van der Waals surface area (Å²) in [5, 5.41) is 0. The van der Waals surface area contributed by atoms with Crippen LogP contribution in [0.5, 0.6) is 0 Å². The minimum atomic E-state index is -4.24. The van der Waals surface area contributed by atoms with E-state index >= 15 is 0 Å². The lowest BCUT2D eigenvalue weighted by Gasteiger charge is -2.23. The summed E-state index contributed by atoms with van der Waals surface area (Å²) in [5.74, 6) is 0. The molecule has 1 atom stereocenters. The molecule has 0 saturated carbocycles. The first kappa shape index (κ1) is 12.8. The van der Waals surface area contributed by atoms with Crippen LogP contribution in [0.2, 0.25) is 0 Å². The summed E-state index contributed by atoms with van der Waals surface area (Å²) in [6, 6.07) is 7.38. The highest BCUT2D eigenvalue weighted by Gasteiger charge is 2.39. The van der Waals surface area contributed by atoms with Crippen LogP contribution >= 0.6 is 0 Å². The summed E-state index contributed by atoms with van der Waals surface area (Å²) >= 11 is 0.